The Bertz CT molecular complexity index is 867. The van der Waals surface area contributed by atoms with Crippen molar-refractivity contribution in [1.29, 1.82) is 0 Å². The van der Waals surface area contributed by atoms with Crippen LogP contribution in [0, 0.1) is 0 Å². The maximum Gasteiger partial charge on any atom is 0.416 e. The lowest BCUT2D eigenvalue weighted by Crippen LogP contribution is -2.27. The van der Waals surface area contributed by atoms with Crippen molar-refractivity contribution < 1.29 is 18.0 Å². The second-order valence-electron chi connectivity index (χ2n) is 5.30. The molecule has 0 saturated carbocycles. The highest BCUT2D eigenvalue weighted by atomic mass is 19.4. The fraction of sp³-hybridized carbons (Fsp3) is 0.267. The van der Waals surface area contributed by atoms with E-state index in [4.69, 9.17) is 0 Å². The molecule has 2 aromatic heterocycles. The summed E-state index contributed by atoms with van der Waals surface area (Å²) in [6.07, 6.45) is -2.56. The van der Waals surface area contributed by atoms with E-state index in [-0.39, 0.29) is 5.91 Å². The minimum atomic E-state index is -4.41. The van der Waals surface area contributed by atoms with E-state index in [1.807, 2.05) is 0 Å². The molecule has 6 nitrogen and oxygen atoms in total. The lowest BCUT2D eigenvalue weighted by atomic mass is 10.1. The minimum Gasteiger partial charge on any atom is -0.350 e. The molecule has 0 aliphatic carbocycles. The number of benzene rings is 1. The van der Waals surface area contributed by atoms with E-state index >= 15 is 0 Å². The molecule has 2 N–H and O–H groups in total. The normalized spacial score (nSPS) is 11.8. The summed E-state index contributed by atoms with van der Waals surface area (Å²) in [5, 5.41) is 9.47. The number of nitrogens with one attached hydrogen (secondary N) is 2. The summed E-state index contributed by atoms with van der Waals surface area (Å²) in [7, 11) is 1.64. The van der Waals surface area contributed by atoms with Crippen LogP contribution < -0.4 is 5.32 Å². The van der Waals surface area contributed by atoms with Gasteiger partial charge in [-0.2, -0.15) is 18.3 Å². The van der Waals surface area contributed by atoms with Crippen LogP contribution in [0.25, 0.3) is 10.9 Å². The average Bonchev–Trinajstić information content (AvgIpc) is 3.14. The number of amides is 1. The van der Waals surface area contributed by atoms with Crippen LogP contribution in [-0.2, 0) is 19.6 Å². The second kappa shape index (κ2) is 5.99. The monoisotopic (exact) mass is 337 g/mol. The molecule has 0 saturated heterocycles. The Balaban J connectivity index is 1.78. The molecule has 0 bridgehead atoms. The summed E-state index contributed by atoms with van der Waals surface area (Å²) >= 11 is 0. The van der Waals surface area contributed by atoms with Gasteiger partial charge in [0, 0.05) is 30.9 Å². The van der Waals surface area contributed by atoms with Crippen LogP contribution in [0.4, 0.5) is 13.2 Å². The van der Waals surface area contributed by atoms with Crippen LogP contribution in [0.2, 0.25) is 0 Å². The number of aromatic nitrogens is 4. The first kappa shape index (κ1) is 16.0. The molecular weight excluding hydrogens is 323 g/mol. The molecule has 2 heterocycles. The molecule has 1 amide bonds. The molecule has 0 unspecified atom stereocenters. The zero-order chi connectivity index (χ0) is 17.3. The van der Waals surface area contributed by atoms with Crippen LogP contribution >= 0.6 is 0 Å². The van der Waals surface area contributed by atoms with Crippen molar-refractivity contribution in [2.24, 2.45) is 7.05 Å². The van der Waals surface area contributed by atoms with Crippen LogP contribution in [0.3, 0.4) is 0 Å². The van der Waals surface area contributed by atoms with E-state index < -0.39 is 11.7 Å². The van der Waals surface area contributed by atoms with E-state index in [0.717, 1.165) is 12.1 Å². The van der Waals surface area contributed by atoms with Crippen LogP contribution in [0.1, 0.15) is 21.9 Å². The van der Waals surface area contributed by atoms with E-state index in [2.05, 4.69) is 20.5 Å². The number of rotatable bonds is 4. The SMILES string of the molecule is Cn1c(C(=O)NCCc2ncn[nH]2)cc2cc(C(F)(F)F)ccc21. The number of nitrogens with zero attached hydrogens (tertiary/aromatic N) is 3. The smallest absolute Gasteiger partial charge is 0.350 e. The zero-order valence-electron chi connectivity index (χ0n) is 12.7. The van der Waals surface area contributed by atoms with Gasteiger partial charge >= 0.3 is 6.18 Å². The van der Waals surface area contributed by atoms with Crippen LogP contribution in [-0.4, -0.2) is 32.2 Å². The van der Waals surface area contributed by atoms with E-state index in [0.29, 0.717) is 35.4 Å². The second-order valence-corrected chi connectivity index (χ2v) is 5.30. The third-order valence-corrected chi connectivity index (χ3v) is 3.71. The summed E-state index contributed by atoms with van der Waals surface area (Å²) in [4.78, 5) is 16.2. The van der Waals surface area contributed by atoms with Gasteiger partial charge in [-0.1, -0.05) is 0 Å². The Morgan fingerprint density at radius 2 is 2.12 bits per heavy atom. The lowest BCUT2D eigenvalue weighted by Gasteiger charge is -2.07. The molecule has 0 atom stereocenters. The Kier molecular flexibility index (Phi) is 4.00. The Morgan fingerprint density at radius 1 is 1.33 bits per heavy atom. The Labute approximate surface area is 134 Å². The highest BCUT2D eigenvalue weighted by Crippen LogP contribution is 2.32. The topological polar surface area (TPSA) is 75.6 Å². The van der Waals surface area contributed by atoms with Gasteiger partial charge in [0.25, 0.3) is 5.91 Å². The van der Waals surface area contributed by atoms with Crippen molar-refractivity contribution in [2.75, 3.05) is 6.54 Å². The molecular formula is C15H14F3N5O. The maximum absolute atomic E-state index is 12.8. The van der Waals surface area contributed by atoms with Gasteiger partial charge in [-0.05, 0) is 24.3 Å². The van der Waals surface area contributed by atoms with E-state index in [1.54, 1.807) is 11.6 Å². The number of carbonyl (C=O) groups excluding carboxylic acids is 1. The fourth-order valence-corrected chi connectivity index (χ4v) is 2.48. The quantitative estimate of drug-likeness (QED) is 0.767. The molecule has 24 heavy (non-hydrogen) atoms. The number of hydrogen-bond donors (Lipinski definition) is 2. The highest BCUT2D eigenvalue weighted by Gasteiger charge is 2.30. The van der Waals surface area contributed by atoms with Crippen molar-refractivity contribution in [1.82, 2.24) is 25.1 Å². The lowest BCUT2D eigenvalue weighted by molar-refractivity contribution is -0.137. The molecule has 0 aliphatic rings. The molecule has 0 aliphatic heterocycles. The standard InChI is InChI=1S/C15H14F3N5O/c1-23-11-3-2-10(15(16,17)18)6-9(11)7-12(23)14(24)19-5-4-13-20-8-21-22-13/h2-3,6-8H,4-5H2,1H3,(H,19,24)(H,20,21,22). The largest absolute Gasteiger partial charge is 0.416 e. The summed E-state index contributed by atoms with van der Waals surface area (Å²) in [5.41, 5.74) is 0.114. The molecule has 0 spiro atoms. The molecule has 3 aromatic rings. The molecule has 126 valence electrons. The van der Waals surface area contributed by atoms with Gasteiger partial charge in [0.2, 0.25) is 0 Å². The number of hydrogen-bond acceptors (Lipinski definition) is 3. The third-order valence-electron chi connectivity index (χ3n) is 3.71. The predicted octanol–water partition coefficient (Wildman–Crippen LogP) is 2.29. The molecule has 9 heteroatoms. The Morgan fingerprint density at radius 3 is 2.79 bits per heavy atom. The van der Waals surface area contributed by atoms with Crippen molar-refractivity contribution in [3.05, 3.63) is 47.7 Å². The van der Waals surface area contributed by atoms with Crippen LogP contribution in [0.5, 0.6) is 0 Å². The fourth-order valence-electron chi connectivity index (χ4n) is 2.48. The number of alkyl halides is 3. The van der Waals surface area contributed by atoms with Crippen molar-refractivity contribution >= 4 is 16.8 Å². The van der Waals surface area contributed by atoms with Gasteiger partial charge in [-0.3, -0.25) is 9.89 Å². The van der Waals surface area contributed by atoms with Crippen LogP contribution in [0.15, 0.2) is 30.6 Å². The summed E-state index contributed by atoms with van der Waals surface area (Å²) in [6.45, 7) is 0.337. The van der Waals surface area contributed by atoms with Gasteiger partial charge in [0.15, 0.2) is 0 Å². The predicted molar refractivity (Wildman–Crippen MR) is 80.3 cm³/mol. The third kappa shape index (κ3) is 3.10. The average molecular weight is 337 g/mol. The van der Waals surface area contributed by atoms with Gasteiger partial charge < -0.3 is 9.88 Å². The van der Waals surface area contributed by atoms with Crippen molar-refractivity contribution in [2.45, 2.75) is 12.6 Å². The first-order valence-electron chi connectivity index (χ1n) is 7.15. The number of carbonyl (C=O) groups is 1. The maximum atomic E-state index is 12.8. The number of aryl methyl sites for hydroxylation is 1. The number of aromatic amines is 1. The zero-order valence-corrected chi connectivity index (χ0v) is 12.7. The van der Waals surface area contributed by atoms with Gasteiger partial charge in [-0.25, -0.2) is 4.98 Å². The molecule has 0 radical (unpaired) electrons. The van der Waals surface area contributed by atoms with Gasteiger partial charge in [-0.15, -0.1) is 0 Å². The van der Waals surface area contributed by atoms with E-state index in [9.17, 15) is 18.0 Å². The van der Waals surface area contributed by atoms with Crippen molar-refractivity contribution in [3.63, 3.8) is 0 Å². The van der Waals surface area contributed by atoms with Gasteiger partial charge in [0.05, 0.1) is 5.56 Å². The van der Waals surface area contributed by atoms with Gasteiger partial charge in [0.1, 0.15) is 17.8 Å². The Hall–Kier alpha value is -2.84. The first-order valence-corrected chi connectivity index (χ1v) is 7.15. The molecule has 1 aromatic carbocycles. The summed E-state index contributed by atoms with van der Waals surface area (Å²) in [6, 6.07) is 4.87. The number of halogens is 3. The minimum absolute atomic E-state index is 0.293. The summed E-state index contributed by atoms with van der Waals surface area (Å²) < 4.78 is 39.9. The van der Waals surface area contributed by atoms with E-state index in [1.165, 1.54) is 18.5 Å². The van der Waals surface area contributed by atoms with Crippen molar-refractivity contribution in [3.8, 4) is 0 Å². The number of fused-ring (bicyclic) bond motifs is 1. The summed E-state index contributed by atoms with van der Waals surface area (Å²) in [5.74, 6) is 0.281. The number of H-pyrrole nitrogens is 1. The highest BCUT2D eigenvalue weighted by molar-refractivity contribution is 5.98. The molecule has 0 fully saturated rings. The first-order chi connectivity index (χ1) is 11.4. The molecule has 3 rings (SSSR count).